The first-order chi connectivity index (χ1) is 9.32. The fourth-order valence-corrected chi connectivity index (χ4v) is 2.87. The van der Waals surface area contributed by atoms with Crippen LogP contribution in [0.15, 0.2) is 0 Å². The normalized spacial score (nSPS) is 22.6. The first-order valence-corrected chi connectivity index (χ1v) is 6.81. The van der Waals surface area contributed by atoms with Crippen LogP contribution >= 0.6 is 0 Å². The Kier molecular flexibility index (Phi) is 3.94. The molecule has 2 rings (SSSR count). The van der Waals surface area contributed by atoms with Crippen molar-refractivity contribution in [2.75, 3.05) is 32.1 Å². The van der Waals surface area contributed by atoms with E-state index in [1.54, 1.807) is 13.8 Å². The second-order valence-corrected chi connectivity index (χ2v) is 5.83. The molecule has 110 valence electrons. The van der Waals surface area contributed by atoms with Gasteiger partial charge in [0.15, 0.2) is 5.82 Å². The van der Waals surface area contributed by atoms with Crippen LogP contribution in [0.1, 0.15) is 28.5 Å². The summed E-state index contributed by atoms with van der Waals surface area (Å²) in [5.74, 6) is 0.0308. The highest BCUT2D eigenvalue weighted by molar-refractivity contribution is 5.95. The second kappa shape index (κ2) is 5.36. The maximum Gasteiger partial charge on any atom is 0.339 e. The van der Waals surface area contributed by atoms with Crippen LogP contribution in [0.3, 0.4) is 0 Å². The molecular formula is C14H22N4O2. The van der Waals surface area contributed by atoms with Gasteiger partial charge in [0.05, 0.1) is 5.69 Å². The molecule has 0 spiro atoms. The highest BCUT2D eigenvalue weighted by Crippen LogP contribution is 2.29. The van der Waals surface area contributed by atoms with Crippen LogP contribution in [-0.4, -0.2) is 59.4 Å². The summed E-state index contributed by atoms with van der Waals surface area (Å²) >= 11 is 0. The molecular weight excluding hydrogens is 256 g/mol. The predicted molar refractivity (Wildman–Crippen MR) is 77.3 cm³/mol. The lowest BCUT2D eigenvalue weighted by Crippen LogP contribution is -2.34. The zero-order valence-electron chi connectivity index (χ0n) is 12.7. The Morgan fingerprint density at radius 3 is 2.45 bits per heavy atom. The molecule has 2 unspecified atom stereocenters. The summed E-state index contributed by atoms with van der Waals surface area (Å²) in [7, 11) is 4.10. The molecule has 6 nitrogen and oxygen atoms in total. The van der Waals surface area contributed by atoms with Crippen molar-refractivity contribution in [1.82, 2.24) is 15.1 Å². The smallest absolute Gasteiger partial charge is 0.339 e. The van der Waals surface area contributed by atoms with Gasteiger partial charge in [-0.25, -0.2) is 4.79 Å². The average molecular weight is 278 g/mol. The molecule has 0 saturated carbocycles. The second-order valence-electron chi connectivity index (χ2n) is 5.83. The summed E-state index contributed by atoms with van der Waals surface area (Å²) in [6.07, 6.45) is 0. The fourth-order valence-electron chi connectivity index (χ4n) is 2.87. The zero-order valence-corrected chi connectivity index (χ0v) is 12.7. The molecule has 1 saturated heterocycles. The van der Waals surface area contributed by atoms with Crippen LogP contribution < -0.4 is 4.90 Å². The van der Waals surface area contributed by atoms with Gasteiger partial charge in [-0.15, -0.1) is 5.10 Å². The number of aromatic nitrogens is 2. The number of hydrogen-bond acceptors (Lipinski definition) is 5. The SMILES string of the molecule is Cc1nnc(N2CC(C)C(N(C)C)C2)c(C(=O)O)c1C. The topological polar surface area (TPSA) is 69.6 Å². The lowest BCUT2D eigenvalue weighted by Gasteiger charge is -2.23. The first-order valence-electron chi connectivity index (χ1n) is 6.81. The zero-order chi connectivity index (χ0) is 15.0. The summed E-state index contributed by atoms with van der Waals surface area (Å²) in [6, 6.07) is 0.403. The summed E-state index contributed by atoms with van der Waals surface area (Å²) in [4.78, 5) is 15.8. The lowest BCUT2D eigenvalue weighted by molar-refractivity contribution is 0.0696. The molecule has 1 fully saturated rings. The molecule has 1 aliphatic heterocycles. The van der Waals surface area contributed by atoms with E-state index in [1.165, 1.54) is 0 Å². The summed E-state index contributed by atoms with van der Waals surface area (Å²) in [5, 5.41) is 17.7. The van der Waals surface area contributed by atoms with Crippen molar-refractivity contribution in [3.8, 4) is 0 Å². The van der Waals surface area contributed by atoms with E-state index >= 15 is 0 Å². The van der Waals surface area contributed by atoms with Crippen molar-refractivity contribution in [1.29, 1.82) is 0 Å². The molecule has 2 atom stereocenters. The Morgan fingerprint density at radius 1 is 1.30 bits per heavy atom. The van der Waals surface area contributed by atoms with Crippen LogP contribution in [0.25, 0.3) is 0 Å². The highest BCUT2D eigenvalue weighted by atomic mass is 16.4. The van der Waals surface area contributed by atoms with Gasteiger partial charge in [-0.2, -0.15) is 5.10 Å². The summed E-state index contributed by atoms with van der Waals surface area (Å²) in [5.41, 5.74) is 1.65. The third-order valence-electron chi connectivity index (χ3n) is 4.19. The van der Waals surface area contributed by atoms with Crippen molar-refractivity contribution in [2.24, 2.45) is 5.92 Å². The van der Waals surface area contributed by atoms with Crippen molar-refractivity contribution in [2.45, 2.75) is 26.8 Å². The first kappa shape index (κ1) is 14.7. The Hall–Kier alpha value is -1.69. The largest absolute Gasteiger partial charge is 0.478 e. The number of hydrogen-bond donors (Lipinski definition) is 1. The molecule has 1 aromatic rings. The molecule has 0 amide bonds. The molecule has 20 heavy (non-hydrogen) atoms. The number of carboxylic acids is 1. The monoisotopic (exact) mass is 278 g/mol. The number of aromatic carboxylic acids is 1. The van der Waals surface area contributed by atoms with E-state index in [0.717, 1.165) is 13.1 Å². The number of aryl methyl sites for hydroxylation is 1. The third kappa shape index (κ3) is 2.47. The van der Waals surface area contributed by atoms with E-state index in [9.17, 15) is 9.90 Å². The molecule has 1 aliphatic rings. The summed E-state index contributed by atoms with van der Waals surface area (Å²) in [6.45, 7) is 7.35. The maximum atomic E-state index is 11.5. The molecule has 0 radical (unpaired) electrons. The molecule has 2 heterocycles. The van der Waals surface area contributed by atoms with Gasteiger partial charge in [-0.1, -0.05) is 6.92 Å². The minimum atomic E-state index is -0.934. The summed E-state index contributed by atoms with van der Waals surface area (Å²) < 4.78 is 0. The van der Waals surface area contributed by atoms with E-state index in [0.29, 0.717) is 29.0 Å². The van der Waals surface area contributed by atoms with Crippen molar-refractivity contribution in [3.05, 3.63) is 16.8 Å². The predicted octanol–water partition coefficient (Wildman–Crippen LogP) is 1.18. The van der Waals surface area contributed by atoms with Crippen LogP contribution in [0.2, 0.25) is 0 Å². The quantitative estimate of drug-likeness (QED) is 0.895. The van der Waals surface area contributed by atoms with Crippen LogP contribution in [0.5, 0.6) is 0 Å². The van der Waals surface area contributed by atoms with Gasteiger partial charge in [-0.3, -0.25) is 0 Å². The Labute approximate surface area is 119 Å². The maximum absolute atomic E-state index is 11.5. The minimum Gasteiger partial charge on any atom is -0.478 e. The third-order valence-corrected chi connectivity index (χ3v) is 4.19. The number of likely N-dealkylation sites (N-methyl/N-ethyl adjacent to an activating group) is 1. The number of anilines is 1. The van der Waals surface area contributed by atoms with Crippen molar-refractivity contribution in [3.63, 3.8) is 0 Å². The average Bonchev–Trinajstić information content (AvgIpc) is 2.74. The van der Waals surface area contributed by atoms with Crippen LogP contribution in [0, 0.1) is 19.8 Å². The number of carbonyl (C=O) groups is 1. The van der Waals surface area contributed by atoms with Crippen LogP contribution in [-0.2, 0) is 0 Å². The van der Waals surface area contributed by atoms with Crippen molar-refractivity contribution < 1.29 is 9.90 Å². The van der Waals surface area contributed by atoms with E-state index in [2.05, 4.69) is 36.1 Å². The van der Waals surface area contributed by atoms with Crippen LogP contribution in [0.4, 0.5) is 5.82 Å². The Bertz CT molecular complexity index is 530. The number of nitrogens with zero attached hydrogens (tertiary/aromatic N) is 4. The lowest BCUT2D eigenvalue weighted by atomic mass is 10.1. The molecule has 0 bridgehead atoms. The van der Waals surface area contributed by atoms with Crippen molar-refractivity contribution >= 4 is 11.8 Å². The van der Waals surface area contributed by atoms with E-state index < -0.39 is 5.97 Å². The van der Waals surface area contributed by atoms with Gasteiger partial charge >= 0.3 is 5.97 Å². The molecule has 0 aromatic carbocycles. The minimum absolute atomic E-state index is 0.282. The highest BCUT2D eigenvalue weighted by Gasteiger charge is 2.34. The number of rotatable bonds is 3. The van der Waals surface area contributed by atoms with Gasteiger partial charge in [0.1, 0.15) is 5.56 Å². The van der Waals surface area contributed by atoms with E-state index in [4.69, 9.17) is 0 Å². The molecule has 1 aromatic heterocycles. The van der Waals surface area contributed by atoms with Gasteiger partial charge < -0.3 is 14.9 Å². The van der Waals surface area contributed by atoms with Gasteiger partial charge in [0, 0.05) is 19.1 Å². The van der Waals surface area contributed by atoms with E-state index in [-0.39, 0.29) is 5.56 Å². The fraction of sp³-hybridized carbons (Fsp3) is 0.643. The molecule has 0 aliphatic carbocycles. The molecule has 1 N–H and O–H groups in total. The Morgan fingerprint density at radius 2 is 1.95 bits per heavy atom. The Balaban J connectivity index is 2.40. The van der Waals surface area contributed by atoms with Gasteiger partial charge in [-0.05, 0) is 39.4 Å². The standard InChI is InChI=1S/C14H22N4O2/c1-8-6-18(7-11(8)17(4)5)13-12(14(19)20)9(2)10(3)15-16-13/h8,11H,6-7H2,1-5H3,(H,19,20). The molecule has 6 heteroatoms. The van der Waals surface area contributed by atoms with Gasteiger partial charge in [0.2, 0.25) is 0 Å². The van der Waals surface area contributed by atoms with E-state index in [1.807, 2.05) is 4.90 Å². The number of carboxylic acid groups (broad SMARTS) is 1. The van der Waals surface area contributed by atoms with Gasteiger partial charge in [0.25, 0.3) is 0 Å².